The van der Waals surface area contributed by atoms with Gasteiger partial charge in [-0.2, -0.15) is 0 Å². The highest BCUT2D eigenvalue weighted by molar-refractivity contribution is 14.1. The molecule has 0 radical (unpaired) electrons. The van der Waals surface area contributed by atoms with Gasteiger partial charge in [0.1, 0.15) is 0 Å². The van der Waals surface area contributed by atoms with Crippen LogP contribution in [0.3, 0.4) is 0 Å². The molecule has 0 atom stereocenters. The van der Waals surface area contributed by atoms with Crippen molar-refractivity contribution in [1.82, 2.24) is 0 Å². The third-order valence-corrected chi connectivity index (χ3v) is 3.98. The summed E-state index contributed by atoms with van der Waals surface area (Å²) >= 11 is 2.40. The summed E-state index contributed by atoms with van der Waals surface area (Å²) in [6, 6.07) is 17.5. The van der Waals surface area contributed by atoms with Crippen molar-refractivity contribution in [3.8, 4) is 0 Å². The quantitative estimate of drug-likeness (QED) is 0.408. The summed E-state index contributed by atoms with van der Waals surface area (Å²) < 4.78 is 1.32. The Hall–Kier alpha value is -1.09. The first-order valence-electron chi connectivity index (χ1n) is 5.33. The van der Waals surface area contributed by atoms with Crippen LogP contribution in [0.25, 0.3) is 21.5 Å². The van der Waals surface area contributed by atoms with Crippen LogP contribution < -0.4 is 0 Å². The predicted octanol–water partition coefficient (Wildman–Crippen LogP) is 4.91. The van der Waals surface area contributed by atoms with Gasteiger partial charge in [0, 0.05) is 3.57 Å². The number of halogens is 1. The topological polar surface area (TPSA) is 0 Å². The van der Waals surface area contributed by atoms with Crippen LogP contribution in [0, 0.1) is 10.5 Å². The van der Waals surface area contributed by atoms with Crippen LogP contribution in [-0.2, 0) is 0 Å². The fourth-order valence-electron chi connectivity index (χ4n) is 2.17. The van der Waals surface area contributed by atoms with Gasteiger partial charge in [-0.3, -0.25) is 0 Å². The smallest absolute Gasteiger partial charge is 0.0209 e. The first kappa shape index (κ1) is 10.1. The van der Waals surface area contributed by atoms with Crippen LogP contribution in [-0.4, -0.2) is 0 Å². The highest BCUT2D eigenvalue weighted by Crippen LogP contribution is 2.27. The molecule has 0 unspecified atom stereocenters. The Bertz CT molecular complexity index is 626. The molecule has 0 fully saturated rings. The van der Waals surface area contributed by atoms with Gasteiger partial charge >= 0.3 is 0 Å². The number of fused-ring (bicyclic) bond motifs is 2. The second kappa shape index (κ2) is 3.74. The van der Waals surface area contributed by atoms with Gasteiger partial charge in [0.15, 0.2) is 0 Å². The maximum atomic E-state index is 2.40. The van der Waals surface area contributed by atoms with Crippen molar-refractivity contribution in [2.45, 2.75) is 6.92 Å². The molecular formula is C15H11I. The third-order valence-electron chi connectivity index (χ3n) is 3.04. The van der Waals surface area contributed by atoms with Crippen molar-refractivity contribution in [1.29, 1.82) is 0 Å². The molecule has 0 aliphatic carbocycles. The van der Waals surface area contributed by atoms with Gasteiger partial charge in [-0.05, 0) is 74.8 Å². The molecule has 0 N–H and O–H groups in total. The van der Waals surface area contributed by atoms with E-state index in [2.05, 4.69) is 78.0 Å². The van der Waals surface area contributed by atoms with Gasteiger partial charge in [-0.25, -0.2) is 0 Å². The lowest BCUT2D eigenvalue weighted by Gasteiger charge is -2.06. The van der Waals surface area contributed by atoms with Crippen molar-refractivity contribution in [3.63, 3.8) is 0 Å². The average Bonchev–Trinajstić information content (AvgIpc) is 2.28. The standard InChI is InChI=1S/C15H11I/c1-10-4-2-5-11-8-12-6-3-7-15(16)14(12)9-13(10)11/h2-9H,1H3. The summed E-state index contributed by atoms with van der Waals surface area (Å²) in [7, 11) is 0. The first-order chi connectivity index (χ1) is 7.75. The predicted molar refractivity (Wildman–Crippen MR) is 78.9 cm³/mol. The van der Waals surface area contributed by atoms with Crippen molar-refractivity contribution in [2.24, 2.45) is 0 Å². The van der Waals surface area contributed by atoms with E-state index in [-0.39, 0.29) is 0 Å². The molecule has 16 heavy (non-hydrogen) atoms. The highest BCUT2D eigenvalue weighted by atomic mass is 127. The van der Waals surface area contributed by atoms with Gasteiger partial charge in [-0.15, -0.1) is 0 Å². The van der Waals surface area contributed by atoms with Crippen LogP contribution in [0.4, 0.5) is 0 Å². The van der Waals surface area contributed by atoms with E-state index in [1.165, 1.54) is 30.7 Å². The lowest BCUT2D eigenvalue weighted by molar-refractivity contribution is 1.54. The van der Waals surface area contributed by atoms with Crippen molar-refractivity contribution < 1.29 is 0 Å². The molecule has 0 spiro atoms. The molecule has 3 aromatic carbocycles. The Kier molecular flexibility index (Phi) is 2.36. The summed E-state index contributed by atoms with van der Waals surface area (Å²) in [6.07, 6.45) is 0. The van der Waals surface area contributed by atoms with E-state index in [9.17, 15) is 0 Å². The van der Waals surface area contributed by atoms with Crippen LogP contribution in [0.1, 0.15) is 5.56 Å². The van der Waals surface area contributed by atoms with Gasteiger partial charge in [0.25, 0.3) is 0 Å². The Labute approximate surface area is 108 Å². The second-order valence-corrected chi connectivity index (χ2v) is 5.27. The first-order valence-corrected chi connectivity index (χ1v) is 6.41. The molecule has 1 heteroatoms. The lowest BCUT2D eigenvalue weighted by atomic mass is 10.0. The molecule has 0 aliphatic heterocycles. The molecule has 0 amide bonds. The van der Waals surface area contributed by atoms with E-state index < -0.39 is 0 Å². The highest BCUT2D eigenvalue weighted by Gasteiger charge is 2.02. The van der Waals surface area contributed by atoms with E-state index in [1.54, 1.807) is 0 Å². The van der Waals surface area contributed by atoms with Gasteiger partial charge in [0.05, 0.1) is 0 Å². The molecule has 0 heterocycles. The molecule has 78 valence electrons. The number of aryl methyl sites for hydroxylation is 1. The van der Waals surface area contributed by atoms with Crippen molar-refractivity contribution >= 4 is 44.1 Å². The molecular weight excluding hydrogens is 307 g/mol. The van der Waals surface area contributed by atoms with Crippen LogP contribution in [0.2, 0.25) is 0 Å². The molecule has 0 saturated carbocycles. The number of rotatable bonds is 0. The fraction of sp³-hybridized carbons (Fsp3) is 0.0667. The summed E-state index contributed by atoms with van der Waals surface area (Å²) in [5.41, 5.74) is 1.35. The zero-order valence-corrected chi connectivity index (χ0v) is 11.2. The van der Waals surface area contributed by atoms with Gasteiger partial charge in [-0.1, -0.05) is 30.3 Å². The Morgan fingerprint density at radius 3 is 2.31 bits per heavy atom. The van der Waals surface area contributed by atoms with E-state index in [0.29, 0.717) is 0 Å². The molecule has 0 saturated heterocycles. The average molecular weight is 318 g/mol. The summed E-state index contributed by atoms with van der Waals surface area (Å²) in [4.78, 5) is 0. The zero-order chi connectivity index (χ0) is 11.1. The maximum absolute atomic E-state index is 2.40. The summed E-state index contributed by atoms with van der Waals surface area (Å²) in [5.74, 6) is 0. The van der Waals surface area contributed by atoms with E-state index >= 15 is 0 Å². The molecule has 0 aromatic heterocycles. The SMILES string of the molecule is Cc1cccc2cc3cccc(I)c3cc12. The molecule has 3 rings (SSSR count). The maximum Gasteiger partial charge on any atom is 0.0209 e. The lowest BCUT2D eigenvalue weighted by Crippen LogP contribution is -1.82. The Balaban J connectivity index is 2.55. The summed E-state index contributed by atoms with van der Waals surface area (Å²) in [6.45, 7) is 2.17. The Morgan fingerprint density at radius 1 is 0.812 bits per heavy atom. The molecule has 0 nitrogen and oxygen atoms in total. The minimum absolute atomic E-state index is 1.32. The van der Waals surface area contributed by atoms with Crippen LogP contribution in [0.15, 0.2) is 48.5 Å². The minimum Gasteiger partial charge on any atom is -0.0614 e. The van der Waals surface area contributed by atoms with Crippen LogP contribution in [0.5, 0.6) is 0 Å². The zero-order valence-electron chi connectivity index (χ0n) is 9.00. The van der Waals surface area contributed by atoms with Crippen molar-refractivity contribution in [3.05, 3.63) is 57.7 Å². The van der Waals surface area contributed by atoms with Crippen LogP contribution >= 0.6 is 22.6 Å². The third kappa shape index (κ3) is 1.50. The molecule has 0 bridgehead atoms. The number of benzene rings is 3. The van der Waals surface area contributed by atoms with Gasteiger partial charge in [0.2, 0.25) is 0 Å². The molecule has 0 aliphatic rings. The van der Waals surface area contributed by atoms with E-state index in [1.807, 2.05) is 0 Å². The van der Waals surface area contributed by atoms with Gasteiger partial charge < -0.3 is 0 Å². The van der Waals surface area contributed by atoms with Crippen molar-refractivity contribution in [2.75, 3.05) is 0 Å². The second-order valence-electron chi connectivity index (χ2n) is 4.11. The number of hydrogen-bond acceptors (Lipinski definition) is 0. The van der Waals surface area contributed by atoms with E-state index in [0.717, 1.165) is 0 Å². The number of hydrogen-bond donors (Lipinski definition) is 0. The monoisotopic (exact) mass is 318 g/mol. The Morgan fingerprint density at radius 2 is 1.50 bits per heavy atom. The molecule has 3 aromatic rings. The largest absolute Gasteiger partial charge is 0.0614 e. The van der Waals surface area contributed by atoms with E-state index in [4.69, 9.17) is 0 Å². The normalized spacial score (nSPS) is 11.1. The summed E-state index contributed by atoms with van der Waals surface area (Å²) in [5, 5.41) is 5.36. The fourth-order valence-corrected chi connectivity index (χ4v) is 2.84. The minimum atomic E-state index is 1.32.